The molecule has 0 atom stereocenters. The second kappa shape index (κ2) is 8.87. The van der Waals surface area contributed by atoms with Crippen molar-refractivity contribution in [1.82, 2.24) is 10.3 Å². The molecule has 0 amide bonds. The number of halogens is 3. The van der Waals surface area contributed by atoms with Crippen molar-refractivity contribution in [2.24, 2.45) is 0 Å². The second-order valence-electron chi connectivity index (χ2n) is 7.26. The Morgan fingerprint density at radius 1 is 0.929 bits per heavy atom. The average Bonchev–Trinajstić information content (AvgIpc) is 2.67. The Hall–Kier alpha value is -1.52. The summed E-state index contributed by atoms with van der Waals surface area (Å²) in [6.45, 7) is 0.765. The van der Waals surface area contributed by atoms with E-state index in [1.54, 1.807) is 12.3 Å². The van der Waals surface area contributed by atoms with Crippen LogP contribution in [0.4, 0.5) is 0 Å². The van der Waals surface area contributed by atoms with E-state index in [9.17, 15) is 0 Å². The highest BCUT2D eigenvalue weighted by Crippen LogP contribution is 2.33. The first kappa shape index (κ1) is 19.8. The van der Waals surface area contributed by atoms with Crippen molar-refractivity contribution in [3.05, 3.63) is 69.4 Å². The SMILES string of the molecule is Clc1cc(Cl)cc(CNC2CCC(Oc3cc4ccncc4cc3Cl)CC2)c1. The van der Waals surface area contributed by atoms with E-state index in [0.29, 0.717) is 21.1 Å². The standard InChI is InChI=1S/C22H21Cl3N2O/c23-17-7-14(8-18(24)11-17)12-27-19-1-3-20(4-2-19)28-22-10-15-5-6-26-13-16(15)9-21(22)25/h5-11,13,19-20,27H,1-4,12H2. The molecule has 146 valence electrons. The van der Waals surface area contributed by atoms with Gasteiger partial charge in [-0.3, -0.25) is 4.98 Å². The number of aromatic nitrogens is 1. The fourth-order valence-corrected chi connectivity index (χ4v) is 4.51. The van der Waals surface area contributed by atoms with Crippen LogP contribution in [-0.2, 0) is 6.54 Å². The first-order valence-corrected chi connectivity index (χ1v) is 10.6. The molecular weight excluding hydrogens is 415 g/mol. The molecule has 0 bridgehead atoms. The number of benzene rings is 2. The molecule has 0 spiro atoms. The molecule has 6 heteroatoms. The Bertz CT molecular complexity index is 951. The summed E-state index contributed by atoms with van der Waals surface area (Å²) in [6, 6.07) is 12.0. The molecule has 3 nitrogen and oxygen atoms in total. The molecule has 4 rings (SSSR count). The highest BCUT2D eigenvalue weighted by atomic mass is 35.5. The topological polar surface area (TPSA) is 34.1 Å². The summed E-state index contributed by atoms with van der Waals surface area (Å²) in [4.78, 5) is 4.14. The Balaban J connectivity index is 1.31. The number of hydrogen-bond donors (Lipinski definition) is 1. The molecule has 0 saturated heterocycles. The molecule has 3 aromatic rings. The first-order valence-electron chi connectivity index (χ1n) is 9.45. The van der Waals surface area contributed by atoms with E-state index in [1.165, 1.54) is 0 Å². The van der Waals surface area contributed by atoms with Crippen molar-refractivity contribution in [1.29, 1.82) is 0 Å². The highest BCUT2D eigenvalue weighted by molar-refractivity contribution is 6.34. The summed E-state index contributed by atoms with van der Waals surface area (Å²) in [6.07, 6.45) is 7.91. The molecule has 0 aliphatic heterocycles. The van der Waals surface area contributed by atoms with Crippen molar-refractivity contribution < 1.29 is 4.74 Å². The Morgan fingerprint density at radius 2 is 1.68 bits per heavy atom. The number of nitrogens with one attached hydrogen (secondary N) is 1. The van der Waals surface area contributed by atoms with Crippen LogP contribution in [0.3, 0.4) is 0 Å². The zero-order valence-corrected chi connectivity index (χ0v) is 17.6. The summed E-state index contributed by atoms with van der Waals surface area (Å²) in [7, 11) is 0. The minimum absolute atomic E-state index is 0.190. The van der Waals surface area contributed by atoms with E-state index in [-0.39, 0.29) is 6.10 Å². The molecule has 1 saturated carbocycles. The Morgan fingerprint density at radius 3 is 2.43 bits per heavy atom. The van der Waals surface area contributed by atoms with Crippen molar-refractivity contribution in [2.75, 3.05) is 0 Å². The van der Waals surface area contributed by atoms with Gasteiger partial charge in [-0.2, -0.15) is 0 Å². The summed E-state index contributed by atoms with van der Waals surface area (Å²) in [5, 5.41) is 7.70. The summed E-state index contributed by atoms with van der Waals surface area (Å²) in [5.74, 6) is 0.755. The monoisotopic (exact) mass is 434 g/mol. The van der Waals surface area contributed by atoms with Crippen LogP contribution in [0.15, 0.2) is 48.8 Å². The lowest BCUT2D eigenvalue weighted by atomic mass is 9.92. The van der Waals surface area contributed by atoms with Crippen LogP contribution in [0, 0.1) is 0 Å². The third-order valence-electron chi connectivity index (χ3n) is 5.18. The molecule has 0 radical (unpaired) electrons. The normalized spacial score (nSPS) is 19.7. The summed E-state index contributed by atoms with van der Waals surface area (Å²) >= 11 is 18.6. The van der Waals surface area contributed by atoms with Gasteiger partial charge in [0.2, 0.25) is 0 Å². The molecule has 1 aromatic heterocycles. The zero-order valence-electron chi connectivity index (χ0n) is 15.3. The predicted octanol–water partition coefficient (Wildman–Crippen LogP) is 6.67. The Kier molecular flexibility index (Phi) is 6.27. The fourth-order valence-electron chi connectivity index (χ4n) is 3.72. The maximum absolute atomic E-state index is 6.41. The van der Waals surface area contributed by atoms with Crippen LogP contribution < -0.4 is 10.1 Å². The van der Waals surface area contributed by atoms with Crippen molar-refractivity contribution in [2.45, 2.75) is 44.4 Å². The van der Waals surface area contributed by atoms with E-state index in [2.05, 4.69) is 10.3 Å². The zero-order chi connectivity index (χ0) is 19.5. The van der Waals surface area contributed by atoms with Gasteiger partial charge in [0, 0.05) is 40.4 Å². The molecular formula is C22H21Cl3N2O. The lowest BCUT2D eigenvalue weighted by Gasteiger charge is -2.30. The van der Waals surface area contributed by atoms with Crippen LogP contribution in [-0.4, -0.2) is 17.1 Å². The van der Waals surface area contributed by atoms with E-state index in [0.717, 1.165) is 54.3 Å². The number of nitrogens with zero attached hydrogens (tertiary/aromatic N) is 1. The first-order chi connectivity index (χ1) is 13.6. The average molecular weight is 436 g/mol. The van der Waals surface area contributed by atoms with E-state index >= 15 is 0 Å². The number of pyridine rings is 1. The van der Waals surface area contributed by atoms with Crippen molar-refractivity contribution >= 4 is 45.6 Å². The third-order valence-corrected chi connectivity index (χ3v) is 5.91. The van der Waals surface area contributed by atoms with Gasteiger partial charge in [0.05, 0.1) is 11.1 Å². The maximum atomic E-state index is 6.41. The molecule has 1 aliphatic rings. The minimum Gasteiger partial charge on any atom is -0.489 e. The summed E-state index contributed by atoms with van der Waals surface area (Å²) in [5.41, 5.74) is 1.10. The van der Waals surface area contributed by atoms with Gasteiger partial charge in [0.1, 0.15) is 5.75 Å². The molecule has 1 N–H and O–H groups in total. The van der Waals surface area contributed by atoms with Gasteiger partial charge in [0.15, 0.2) is 0 Å². The van der Waals surface area contributed by atoms with E-state index < -0.39 is 0 Å². The van der Waals surface area contributed by atoms with Crippen LogP contribution >= 0.6 is 34.8 Å². The van der Waals surface area contributed by atoms with Gasteiger partial charge in [-0.05, 0) is 73.0 Å². The quantitative estimate of drug-likeness (QED) is 0.485. The molecule has 1 aliphatic carbocycles. The van der Waals surface area contributed by atoms with E-state index in [1.807, 2.05) is 36.5 Å². The van der Waals surface area contributed by atoms with Crippen LogP contribution in [0.5, 0.6) is 5.75 Å². The Labute approximate surface area is 180 Å². The largest absolute Gasteiger partial charge is 0.489 e. The van der Waals surface area contributed by atoms with Gasteiger partial charge in [-0.25, -0.2) is 0 Å². The van der Waals surface area contributed by atoms with Gasteiger partial charge >= 0.3 is 0 Å². The molecule has 2 aromatic carbocycles. The fraction of sp³-hybridized carbons (Fsp3) is 0.318. The van der Waals surface area contributed by atoms with Crippen molar-refractivity contribution in [3.63, 3.8) is 0 Å². The molecule has 1 heterocycles. The maximum Gasteiger partial charge on any atom is 0.138 e. The molecule has 28 heavy (non-hydrogen) atoms. The smallest absolute Gasteiger partial charge is 0.138 e. The van der Waals surface area contributed by atoms with Gasteiger partial charge in [-0.15, -0.1) is 0 Å². The van der Waals surface area contributed by atoms with Gasteiger partial charge in [-0.1, -0.05) is 34.8 Å². The lowest BCUT2D eigenvalue weighted by molar-refractivity contribution is 0.139. The number of fused-ring (bicyclic) bond motifs is 1. The van der Waals surface area contributed by atoms with Crippen LogP contribution in [0.25, 0.3) is 10.8 Å². The second-order valence-corrected chi connectivity index (χ2v) is 8.54. The number of hydrogen-bond acceptors (Lipinski definition) is 3. The highest BCUT2D eigenvalue weighted by Gasteiger charge is 2.23. The number of rotatable bonds is 5. The van der Waals surface area contributed by atoms with Crippen molar-refractivity contribution in [3.8, 4) is 5.75 Å². The molecule has 1 fully saturated rings. The molecule has 0 unspecified atom stereocenters. The minimum atomic E-state index is 0.190. The van der Waals surface area contributed by atoms with Gasteiger partial charge < -0.3 is 10.1 Å². The predicted molar refractivity (Wildman–Crippen MR) is 117 cm³/mol. The van der Waals surface area contributed by atoms with Gasteiger partial charge in [0.25, 0.3) is 0 Å². The van der Waals surface area contributed by atoms with E-state index in [4.69, 9.17) is 39.5 Å². The number of ether oxygens (including phenoxy) is 1. The lowest BCUT2D eigenvalue weighted by Crippen LogP contribution is -2.36. The summed E-state index contributed by atoms with van der Waals surface area (Å²) < 4.78 is 6.22. The van der Waals surface area contributed by atoms with Crippen LogP contribution in [0.1, 0.15) is 31.2 Å². The van der Waals surface area contributed by atoms with Crippen LogP contribution in [0.2, 0.25) is 15.1 Å². The third kappa shape index (κ3) is 4.90.